The van der Waals surface area contributed by atoms with E-state index in [1.807, 2.05) is 111 Å². The topological polar surface area (TPSA) is 148 Å². The van der Waals surface area contributed by atoms with Gasteiger partial charge >= 0.3 is 0 Å². The first-order valence-electron chi connectivity index (χ1n) is 38.1. The molecule has 0 fully saturated rings. The highest BCUT2D eigenvalue weighted by atomic mass is 16.5. The van der Waals surface area contributed by atoms with Crippen molar-refractivity contribution in [3.63, 3.8) is 0 Å². The summed E-state index contributed by atoms with van der Waals surface area (Å²) in [5.41, 5.74) is 15.0. The molecule has 16 bridgehead atoms. The van der Waals surface area contributed by atoms with Crippen LogP contribution in [0.3, 0.4) is 0 Å². The number of ether oxygens (including phenoxy) is 16. The monoisotopic (exact) mass is 1420 g/mol. The van der Waals surface area contributed by atoms with Gasteiger partial charge in [0, 0.05) is 140 Å². The average Bonchev–Trinajstić information content (AvgIpc) is 0.793. The third kappa shape index (κ3) is 19.7. The van der Waals surface area contributed by atoms with Crippen molar-refractivity contribution in [3.05, 3.63) is 186 Å². The Bertz CT molecular complexity index is 3080. The van der Waals surface area contributed by atoms with Crippen molar-refractivity contribution < 1.29 is 75.8 Å². The predicted octanol–water partition coefficient (Wildman–Crippen LogP) is 19.1. The van der Waals surface area contributed by atoms with Gasteiger partial charge in [-0.3, -0.25) is 0 Å². The molecule has 0 atom stereocenters. The molecule has 0 N–H and O–H groups in total. The molecular formula is C88H112O16. The molecule has 0 unspecified atom stereocenters. The van der Waals surface area contributed by atoms with Crippen molar-refractivity contribution in [2.75, 3.05) is 106 Å². The van der Waals surface area contributed by atoms with E-state index in [2.05, 4.69) is 97.1 Å². The van der Waals surface area contributed by atoms with Crippen LogP contribution in [0.15, 0.2) is 97.1 Å². The van der Waals surface area contributed by atoms with Crippen molar-refractivity contribution in [2.45, 2.75) is 162 Å². The van der Waals surface area contributed by atoms with Gasteiger partial charge in [-0.05, 0) is 208 Å². The summed E-state index contributed by atoms with van der Waals surface area (Å²) >= 11 is 0. The van der Waals surface area contributed by atoms with E-state index in [-0.39, 0.29) is 0 Å². The molecule has 22 aliphatic rings. The first kappa shape index (κ1) is 78.7. The molecule has 0 aromatic heterocycles. The molecule has 0 saturated heterocycles. The average molecular weight is 1430 g/mol. The summed E-state index contributed by atoms with van der Waals surface area (Å²) in [5.74, 6) is 11.8. The van der Waals surface area contributed by atoms with Crippen LogP contribution in [0.2, 0.25) is 0 Å². The van der Waals surface area contributed by atoms with Crippen LogP contribution < -0.4 is 75.8 Å². The van der Waals surface area contributed by atoms with Gasteiger partial charge in [-0.2, -0.15) is 0 Å². The maximum atomic E-state index is 6.60. The molecule has 560 valence electrons. The Balaban J connectivity index is 1.27. The zero-order chi connectivity index (χ0) is 74.1. The van der Waals surface area contributed by atoms with Gasteiger partial charge in [-0.15, -0.1) is 0 Å². The lowest BCUT2D eigenvalue weighted by molar-refractivity contribution is 0.319. The van der Waals surface area contributed by atoms with Crippen LogP contribution in [-0.2, 0) is 51.4 Å². The summed E-state index contributed by atoms with van der Waals surface area (Å²) in [7, 11) is 0. The van der Waals surface area contributed by atoms with Crippen LogP contribution in [-0.4, -0.2) is 106 Å². The van der Waals surface area contributed by atoms with Crippen LogP contribution >= 0.6 is 0 Å². The zero-order valence-corrected chi connectivity index (χ0v) is 64.7. The largest absolute Gasteiger partial charge is 0.494 e. The molecule has 0 spiro atoms. The Morgan fingerprint density at radius 2 is 0.183 bits per heavy atom. The SMILES string of the molecule is CCOc1cc2c(OCC)cc1Cc1cc(OCC)c(cc1OCC)Cc1cc(OCC)c(cc1OCC)Cc1cc(OCC)c(cc1OCC)Cc1cc(OCC)c(cc1OCC)Cc1cc(OCC)c(cc1OCC)Cc1cc(OCC)c(cc1OCC)Cc1cc(OCC)c(cc1OCC)C2. The van der Waals surface area contributed by atoms with E-state index < -0.39 is 0 Å². The molecule has 8 aromatic rings. The predicted molar refractivity (Wildman–Crippen MR) is 413 cm³/mol. The first-order chi connectivity index (χ1) is 50.8. The van der Waals surface area contributed by atoms with E-state index >= 15 is 0 Å². The second kappa shape index (κ2) is 39.4. The third-order valence-corrected chi connectivity index (χ3v) is 17.8. The molecule has 16 nitrogen and oxygen atoms in total. The first-order valence-corrected chi connectivity index (χ1v) is 38.1. The van der Waals surface area contributed by atoms with E-state index in [4.69, 9.17) is 75.8 Å². The Hall–Kier alpha value is -9.44. The lowest BCUT2D eigenvalue weighted by atomic mass is 9.92. The maximum absolute atomic E-state index is 6.60. The Labute approximate surface area is 618 Å². The zero-order valence-electron chi connectivity index (χ0n) is 64.7. The number of hydrogen-bond acceptors (Lipinski definition) is 16. The molecule has 0 radical (unpaired) electrons. The Morgan fingerprint density at radius 1 is 0.125 bits per heavy atom. The maximum Gasteiger partial charge on any atom is 0.123 e. The van der Waals surface area contributed by atoms with E-state index in [1.54, 1.807) is 0 Å². The highest BCUT2D eigenvalue weighted by molar-refractivity contribution is 5.62. The minimum Gasteiger partial charge on any atom is -0.494 e. The van der Waals surface area contributed by atoms with Gasteiger partial charge in [0.15, 0.2) is 0 Å². The van der Waals surface area contributed by atoms with Gasteiger partial charge in [0.25, 0.3) is 0 Å². The quantitative estimate of drug-likeness (QED) is 0.0393. The summed E-state index contributed by atoms with van der Waals surface area (Å²) < 4.78 is 106. The van der Waals surface area contributed by atoms with Crippen molar-refractivity contribution >= 4 is 0 Å². The van der Waals surface area contributed by atoms with Crippen LogP contribution in [0.1, 0.15) is 200 Å². The minimum absolute atomic E-state index is 0.446. The highest BCUT2D eigenvalue weighted by Gasteiger charge is 2.27. The fourth-order valence-electron chi connectivity index (χ4n) is 13.6. The van der Waals surface area contributed by atoms with Gasteiger partial charge in [-0.1, -0.05) is 0 Å². The normalized spacial score (nSPS) is 12.2. The molecule has 22 aliphatic carbocycles. The van der Waals surface area contributed by atoms with Crippen molar-refractivity contribution in [3.8, 4) is 92.0 Å². The molecule has 104 heavy (non-hydrogen) atoms. The van der Waals surface area contributed by atoms with Crippen molar-refractivity contribution in [1.82, 2.24) is 0 Å². The summed E-state index contributed by atoms with van der Waals surface area (Å²) in [6, 6.07) is 33.9. The molecule has 0 heterocycles. The number of hydrogen-bond donors (Lipinski definition) is 0. The van der Waals surface area contributed by atoms with Gasteiger partial charge < -0.3 is 75.8 Å². The third-order valence-electron chi connectivity index (χ3n) is 17.8. The minimum atomic E-state index is 0.446. The van der Waals surface area contributed by atoms with E-state index in [9.17, 15) is 0 Å². The van der Waals surface area contributed by atoms with Crippen LogP contribution in [0.25, 0.3) is 0 Å². The second-order valence-corrected chi connectivity index (χ2v) is 24.9. The van der Waals surface area contributed by atoms with Gasteiger partial charge in [0.2, 0.25) is 0 Å². The molecule has 0 saturated carbocycles. The fraction of sp³-hybridized carbons (Fsp3) is 0.455. The summed E-state index contributed by atoms with van der Waals surface area (Å²) in [6.45, 7) is 39.3. The molecule has 0 amide bonds. The highest BCUT2D eigenvalue weighted by Crippen LogP contribution is 2.46. The Kier molecular flexibility index (Phi) is 29.8. The molecular weight excluding hydrogens is 1310 g/mol. The number of rotatable bonds is 32. The lowest BCUT2D eigenvalue weighted by Crippen LogP contribution is -2.09. The van der Waals surface area contributed by atoms with Gasteiger partial charge in [0.1, 0.15) is 92.0 Å². The van der Waals surface area contributed by atoms with Crippen molar-refractivity contribution in [1.29, 1.82) is 0 Å². The Morgan fingerprint density at radius 3 is 0.231 bits per heavy atom. The second-order valence-electron chi connectivity index (χ2n) is 24.9. The van der Waals surface area contributed by atoms with Crippen LogP contribution in [0, 0.1) is 0 Å². The molecule has 30 rings (SSSR count). The van der Waals surface area contributed by atoms with Crippen LogP contribution in [0.5, 0.6) is 92.0 Å². The van der Waals surface area contributed by atoms with Crippen molar-refractivity contribution in [2.24, 2.45) is 0 Å². The molecule has 16 heteroatoms. The van der Waals surface area contributed by atoms with E-state index in [0.717, 1.165) is 181 Å². The van der Waals surface area contributed by atoms with E-state index in [0.29, 0.717) is 157 Å². The molecule has 8 aromatic carbocycles. The van der Waals surface area contributed by atoms with Gasteiger partial charge in [-0.25, -0.2) is 0 Å². The summed E-state index contributed by atoms with van der Waals surface area (Å²) in [4.78, 5) is 0. The van der Waals surface area contributed by atoms with Crippen LogP contribution in [0.4, 0.5) is 0 Å². The standard InChI is InChI=1S/C88H112O16/c1-17-89-73-41-58-34-60-44-78(94-22-6)62(46-77(60)93-21-5)36-64-48-82(98-26-10)66(50-81(64)97-25-9)38-68-52-86(102-30-14)70(54-85(68)101-29-13)40-72-56-87(103-31-15)71(55-88(72)104-32-16)39-69-53-83(99-27-11)67(51-84(69)100-28-12)37-65-49-79(95-23-7)63(47-80(65)96-24-8)35-61-45-75(91-19-3)59(43-76(61)92-20-4)33-57(73)42-74(58)90-18-2/h41-56H,17-40H2,1-16H3. The van der Waals surface area contributed by atoms with E-state index in [1.165, 1.54) is 0 Å². The summed E-state index contributed by atoms with van der Waals surface area (Å²) in [6.07, 6.45) is 3.70. The smallest absolute Gasteiger partial charge is 0.123 e. The van der Waals surface area contributed by atoms with Gasteiger partial charge in [0.05, 0.1) is 106 Å². The summed E-state index contributed by atoms with van der Waals surface area (Å²) in [5, 5.41) is 0. The fourth-order valence-corrected chi connectivity index (χ4v) is 13.6. The lowest BCUT2D eigenvalue weighted by Gasteiger charge is -2.23. The molecule has 0 aliphatic heterocycles. The number of benzene rings is 8.